The van der Waals surface area contributed by atoms with Gasteiger partial charge in [0.05, 0.1) is 22.2 Å². The van der Waals surface area contributed by atoms with Crippen LogP contribution in [0.15, 0.2) is 29.1 Å². The number of nitrogens with one attached hydrogen (secondary N) is 1. The third-order valence-corrected chi connectivity index (χ3v) is 3.26. The Hall–Kier alpha value is -1.66. The number of anilines is 1. The van der Waals surface area contributed by atoms with Crippen LogP contribution in [0.5, 0.6) is 0 Å². The smallest absolute Gasteiger partial charge is 0.293 e. The highest BCUT2D eigenvalue weighted by Gasteiger charge is 2.17. The van der Waals surface area contributed by atoms with E-state index in [2.05, 4.69) is 10.3 Å². The lowest BCUT2D eigenvalue weighted by molar-refractivity contribution is -0.384. The molecule has 0 aliphatic heterocycles. The molecule has 2 rings (SSSR count). The second-order valence-corrected chi connectivity index (χ2v) is 4.85. The van der Waals surface area contributed by atoms with Crippen LogP contribution in [-0.4, -0.2) is 9.91 Å². The van der Waals surface area contributed by atoms with Crippen molar-refractivity contribution in [2.45, 2.75) is 13.0 Å². The number of nitro groups is 1. The third-order valence-electron chi connectivity index (χ3n) is 2.42. The number of aromatic nitrogens is 1. The lowest BCUT2D eigenvalue weighted by Crippen LogP contribution is -2.08. The summed E-state index contributed by atoms with van der Waals surface area (Å²) >= 11 is 7.24. The van der Waals surface area contributed by atoms with E-state index >= 15 is 0 Å². The fraction of sp³-hybridized carbons (Fsp3) is 0.182. The Balaban J connectivity index is 2.26. The second kappa shape index (κ2) is 5.32. The number of rotatable bonds is 4. The number of halogens is 1. The molecule has 0 bridgehead atoms. The molecule has 1 atom stereocenters. The van der Waals surface area contributed by atoms with Crippen LogP contribution in [0.1, 0.15) is 18.7 Å². The average molecular weight is 284 g/mol. The molecule has 1 unspecified atom stereocenters. The Morgan fingerprint density at radius 1 is 1.56 bits per heavy atom. The van der Waals surface area contributed by atoms with Gasteiger partial charge >= 0.3 is 0 Å². The van der Waals surface area contributed by atoms with Gasteiger partial charge in [-0.25, -0.2) is 4.98 Å². The van der Waals surface area contributed by atoms with Crippen molar-refractivity contribution in [2.75, 3.05) is 5.32 Å². The zero-order chi connectivity index (χ0) is 13.1. The zero-order valence-corrected chi connectivity index (χ0v) is 11.0. The minimum Gasteiger partial charge on any atom is -0.371 e. The summed E-state index contributed by atoms with van der Waals surface area (Å²) in [4.78, 5) is 14.6. The van der Waals surface area contributed by atoms with E-state index in [-0.39, 0.29) is 11.7 Å². The van der Waals surface area contributed by atoms with E-state index in [0.29, 0.717) is 10.7 Å². The summed E-state index contributed by atoms with van der Waals surface area (Å²) < 4.78 is 0. The maximum absolute atomic E-state index is 10.9. The van der Waals surface area contributed by atoms with E-state index < -0.39 is 4.92 Å². The van der Waals surface area contributed by atoms with Crippen LogP contribution < -0.4 is 5.32 Å². The number of nitrogens with zero attached hydrogens (tertiary/aromatic N) is 2. The van der Waals surface area contributed by atoms with Crippen molar-refractivity contribution in [3.8, 4) is 0 Å². The SMILES string of the molecule is CC(Nc1ccc(Cl)cc1[N+](=O)[O-])c1cscn1. The van der Waals surface area contributed by atoms with Gasteiger partial charge in [0.1, 0.15) is 5.69 Å². The van der Waals surface area contributed by atoms with Crippen LogP contribution in [0.2, 0.25) is 5.02 Å². The zero-order valence-electron chi connectivity index (χ0n) is 9.46. The molecule has 2 aromatic rings. The maximum Gasteiger partial charge on any atom is 0.293 e. The van der Waals surface area contributed by atoms with Gasteiger partial charge in [-0.2, -0.15) is 0 Å². The summed E-state index contributed by atoms with van der Waals surface area (Å²) in [5.41, 5.74) is 2.97. The number of nitro benzene ring substituents is 1. The molecule has 1 N–H and O–H groups in total. The highest BCUT2D eigenvalue weighted by atomic mass is 35.5. The van der Waals surface area contributed by atoms with Crippen molar-refractivity contribution in [3.05, 3.63) is 49.9 Å². The average Bonchev–Trinajstić information content (AvgIpc) is 2.84. The largest absolute Gasteiger partial charge is 0.371 e. The molecule has 18 heavy (non-hydrogen) atoms. The van der Waals surface area contributed by atoms with Gasteiger partial charge in [0.25, 0.3) is 5.69 Å². The van der Waals surface area contributed by atoms with Crippen LogP contribution in [0.25, 0.3) is 0 Å². The molecular formula is C11H10ClN3O2S. The van der Waals surface area contributed by atoms with Crippen LogP contribution in [0.4, 0.5) is 11.4 Å². The summed E-state index contributed by atoms with van der Waals surface area (Å²) in [6, 6.07) is 4.45. The van der Waals surface area contributed by atoms with Gasteiger partial charge in [0, 0.05) is 16.5 Å². The van der Waals surface area contributed by atoms with Gasteiger partial charge in [-0.05, 0) is 19.1 Å². The highest BCUT2D eigenvalue weighted by molar-refractivity contribution is 7.07. The number of thiazole rings is 1. The molecule has 0 spiro atoms. The molecule has 0 aliphatic carbocycles. The molecule has 5 nitrogen and oxygen atoms in total. The summed E-state index contributed by atoms with van der Waals surface area (Å²) in [5, 5.41) is 16.2. The fourth-order valence-electron chi connectivity index (χ4n) is 1.52. The normalized spacial score (nSPS) is 12.1. The molecule has 1 heterocycles. The van der Waals surface area contributed by atoms with Gasteiger partial charge in [0.15, 0.2) is 0 Å². The quantitative estimate of drug-likeness (QED) is 0.683. The third kappa shape index (κ3) is 2.77. The molecule has 1 aromatic carbocycles. The van der Waals surface area contributed by atoms with Crippen LogP contribution >= 0.6 is 22.9 Å². The van der Waals surface area contributed by atoms with Gasteiger partial charge < -0.3 is 5.32 Å². The molecule has 0 fully saturated rings. The van der Waals surface area contributed by atoms with Gasteiger partial charge in [-0.1, -0.05) is 11.6 Å². The highest BCUT2D eigenvalue weighted by Crippen LogP contribution is 2.30. The van der Waals surface area contributed by atoms with E-state index in [9.17, 15) is 10.1 Å². The molecule has 0 amide bonds. The molecule has 1 aromatic heterocycles. The Bertz CT molecular complexity index is 559. The Morgan fingerprint density at radius 3 is 2.94 bits per heavy atom. The lowest BCUT2D eigenvalue weighted by atomic mass is 10.2. The molecule has 0 saturated carbocycles. The van der Waals surface area contributed by atoms with Crippen molar-refractivity contribution in [1.82, 2.24) is 4.98 Å². The summed E-state index contributed by atoms with van der Waals surface area (Å²) in [6.45, 7) is 1.90. The summed E-state index contributed by atoms with van der Waals surface area (Å²) in [5.74, 6) is 0. The Kier molecular flexibility index (Phi) is 3.78. The molecule has 0 aliphatic rings. The second-order valence-electron chi connectivity index (χ2n) is 3.70. The van der Waals surface area contributed by atoms with Crippen molar-refractivity contribution in [3.63, 3.8) is 0 Å². The minimum atomic E-state index is -0.456. The van der Waals surface area contributed by atoms with Gasteiger partial charge in [0.2, 0.25) is 0 Å². The fourth-order valence-corrected chi connectivity index (χ4v) is 2.34. The summed E-state index contributed by atoms with van der Waals surface area (Å²) in [6.07, 6.45) is 0. The van der Waals surface area contributed by atoms with Crippen molar-refractivity contribution in [2.24, 2.45) is 0 Å². The topological polar surface area (TPSA) is 68.1 Å². The van der Waals surface area contributed by atoms with Crippen molar-refractivity contribution in [1.29, 1.82) is 0 Å². The standard InChI is InChI=1S/C11H10ClN3O2S/c1-7(10-5-18-6-13-10)14-9-3-2-8(12)4-11(9)15(16)17/h2-7,14H,1H3. The predicted octanol–water partition coefficient (Wildman–Crippen LogP) is 3.88. The first kappa shape index (κ1) is 12.8. The van der Waals surface area contributed by atoms with E-state index in [1.807, 2.05) is 12.3 Å². The monoisotopic (exact) mass is 283 g/mol. The maximum atomic E-state index is 10.9. The molecular weight excluding hydrogens is 274 g/mol. The van der Waals surface area contributed by atoms with Gasteiger partial charge in [-0.3, -0.25) is 10.1 Å². The van der Waals surface area contributed by atoms with Crippen molar-refractivity contribution >= 4 is 34.3 Å². The van der Waals surface area contributed by atoms with Crippen molar-refractivity contribution < 1.29 is 4.92 Å². The van der Waals surface area contributed by atoms with Crippen LogP contribution in [0.3, 0.4) is 0 Å². The lowest BCUT2D eigenvalue weighted by Gasteiger charge is -2.13. The molecule has 94 valence electrons. The molecule has 0 saturated heterocycles. The van der Waals surface area contributed by atoms with E-state index in [0.717, 1.165) is 5.69 Å². The van der Waals surface area contributed by atoms with E-state index in [1.165, 1.54) is 17.4 Å². The van der Waals surface area contributed by atoms with Crippen LogP contribution in [0, 0.1) is 10.1 Å². The van der Waals surface area contributed by atoms with Crippen LogP contribution in [-0.2, 0) is 0 Å². The first-order chi connectivity index (χ1) is 8.58. The first-order valence-corrected chi connectivity index (χ1v) is 6.48. The Labute approximate surface area is 113 Å². The van der Waals surface area contributed by atoms with E-state index in [4.69, 9.17) is 11.6 Å². The molecule has 0 radical (unpaired) electrons. The predicted molar refractivity (Wildman–Crippen MR) is 72.3 cm³/mol. The minimum absolute atomic E-state index is 0.0374. The molecule has 7 heteroatoms. The van der Waals surface area contributed by atoms with E-state index in [1.54, 1.807) is 17.6 Å². The summed E-state index contributed by atoms with van der Waals surface area (Å²) in [7, 11) is 0. The Morgan fingerprint density at radius 2 is 2.33 bits per heavy atom. The first-order valence-electron chi connectivity index (χ1n) is 5.16. The number of benzene rings is 1. The number of hydrogen-bond acceptors (Lipinski definition) is 5. The number of hydrogen-bond donors (Lipinski definition) is 1. The van der Waals surface area contributed by atoms with Gasteiger partial charge in [-0.15, -0.1) is 11.3 Å².